The van der Waals surface area contributed by atoms with Gasteiger partial charge in [-0.05, 0) is 89.0 Å². The number of allylic oxidation sites excluding steroid dienone is 2. The standard InChI is InChI=1S/C23H37ClO5/c1-16(2)11-13-22(5,27)17(3)8-7-12-23(6)20(29-18(4)25)10-9-19(15-28-23)14-21(24)26/h11,14,17,20,27H,7-10,12-13,15H2,1-6H3/t17?,20-,22?,23+/m1/s1. The van der Waals surface area contributed by atoms with Crippen molar-refractivity contribution in [3.63, 3.8) is 0 Å². The maximum Gasteiger partial charge on any atom is 0.303 e. The van der Waals surface area contributed by atoms with Crippen molar-refractivity contribution in [3.05, 3.63) is 23.3 Å². The number of halogens is 1. The molecule has 1 saturated heterocycles. The van der Waals surface area contributed by atoms with Crippen molar-refractivity contribution < 1.29 is 24.2 Å². The van der Waals surface area contributed by atoms with Crippen molar-refractivity contribution >= 4 is 22.8 Å². The number of aliphatic hydroxyl groups is 1. The Morgan fingerprint density at radius 3 is 2.62 bits per heavy atom. The first-order valence-corrected chi connectivity index (χ1v) is 10.8. The van der Waals surface area contributed by atoms with Gasteiger partial charge in [-0.25, -0.2) is 0 Å². The van der Waals surface area contributed by atoms with Crippen molar-refractivity contribution in [1.29, 1.82) is 0 Å². The first-order chi connectivity index (χ1) is 13.4. The monoisotopic (exact) mass is 428 g/mol. The van der Waals surface area contributed by atoms with Crippen molar-refractivity contribution in [1.82, 2.24) is 0 Å². The summed E-state index contributed by atoms with van der Waals surface area (Å²) in [5, 5.41) is 10.2. The Bertz CT molecular complexity index is 633. The van der Waals surface area contributed by atoms with Gasteiger partial charge in [0.1, 0.15) is 11.7 Å². The van der Waals surface area contributed by atoms with E-state index in [1.807, 2.05) is 27.7 Å². The van der Waals surface area contributed by atoms with E-state index in [0.29, 0.717) is 32.3 Å². The van der Waals surface area contributed by atoms with E-state index in [0.717, 1.165) is 18.4 Å². The molecule has 0 aliphatic carbocycles. The van der Waals surface area contributed by atoms with Crippen molar-refractivity contribution in [2.45, 2.75) is 97.4 Å². The van der Waals surface area contributed by atoms with Gasteiger partial charge in [0.15, 0.2) is 0 Å². The number of esters is 1. The molecule has 2 unspecified atom stereocenters. The topological polar surface area (TPSA) is 72.8 Å². The molecule has 1 N–H and O–H groups in total. The summed E-state index contributed by atoms with van der Waals surface area (Å²) >= 11 is 5.48. The number of carbonyl (C=O) groups is 2. The fraction of sp³-hybridized carbons (Fsp3) is 0.739. The predicted molar refractivity (Wildman–Crippen MR) is 116 cm³/mol. The van der Waals surface area contributed by atoms with E-state index in [9.17, 15) is 14.7 Å². The molecule has 0 spiro atoms. The number of hydrogen-bond acceptors (Lipinski definition) is 5. The summed E-state index contributed by atoms with van der Waals surface area (Å²) in [7, 11) is 0. The van der Waals surface area contributed by atoms with Gasteiger partial charge in [-0.3, -0.25) is 9.59 Å². The molecule has 6 heteroatoms. The summed E-state index contributed by atoms with van der Waals surface area (Å²) in [6.07, 6.45) is 7.22. The zero-order chi connectivity index (χ0) is 22.2. The van der Waals surface area contributed by atoms with Gasteiger partial charge >= 0.3 is 5.97 Å². The SMILES string of the molecule is CC(=O)O[C@@H]1CCC(=CC(=O)Cl)CO[C@@]1(C)CCCC(C)C(C)(O)CC=C(C)C. The molecule has 5 nitrogen and oxygen atoms in total. The van der Waals surface area contributed by atoms with Gasteiger partial charge in [0.25, 0.3) is 0 Å². The van der Waals surface area contributed by atoms with Crippen LogP contribution in [0.4, 0.5) is 0 Å². The van der Waals surface area contributed by atoms with Crippen LogP contribution in [0, 0.1) is 5.92 Å². The highest BCUT2D eigenvalue weighted by molar-refractivity contribution is 6.66. The van der Waals surface area contributed by atoms with Crippen LogP contribution in [0.5, 0.6) is 0 Å². The molecule has 166 valence electrons. The van der Waals surface area contributed by atoms with E-state index in [2.05, 4.69) is 13.0 Å². The van der Waals surface area contributed by atoms with E-state index in [-0.39, 0.29) is 11.9 Å². The Morgan fingerprint density at radius 1 is 1.41 bits per heavy atom. The zero-order valence-corrected chi connectivity index (χ0v) is 19.5. The van der Waals surface area contributed by atoms with E-state index < -0.39 is 22.5 Å². The molecule has 1 heterocycles. The van der Waals surface area contributed by atoms with Crippen LogP contribution in [0.2, 0.25) is 0 Å². The summed E-state index contributed by atoms with van der Waals surface area (Å²) < 4.78 is 11.7. The van der Waals surface area contributed by atoms with Crippen LogP contribution >= 0.6 is 11.6 Å². The van der Waals surface area contributed by atoms with Crippen LogP contribution in [0.25, 0.3) is 0 Å². The molecule has 4 atom stereocenters. The third kappa shape index (κ3) is 9.02. The lowest BCUT2D eigenvalue weighted by molar-refractivity contribution is -0.168. The van der Waals surface area contributed by atoms with Crippen molar-refractivity contribution in [3.8, 4) is 0 Å². The Balaban J connectivity index is 2.79. The minimum atomic E-state index is -0.769. The van der Waals surface area contributed by atoms with Crippen LogP contribution in [0.15, 0.2) is 23.3 Å². The number of hydrogen-bond donors (Lipinski definition) is 1. The maximum absolute atomic E-state index is 11.6. The lowest BCUT2D eigenvalue weighted by atomic mass is 9.81. The van der Waals surface area contributed by atoms with E-state index in [1.54, 1.807) is 0 Å². The molecule has 1 aliphatic rings. The molecule has 0 amide bonds. The smallest absolute Gasteiger partial charge is 0.303 e. The predicted octanol–water partition coefficient (Wildman–Crippen LogP) is 5.09. The van der Waals surface area contributed by atoms with Gasteiger partial charge in [0.05, 0.1) is 12.2 Å². The first-order valence-electron chi connectivity index (χ1n) is 10.4. The molecule has 1 aliphatic heterocycles. The van der Waals surface area contributed by atoms with Gasteiger partial charge in [-0.15, -0.1) is 0 Å². The maximum atomic E-state index is 11.6. The van der Waals surface area contributed by atoms with Crippen molar-refractivity contribution in [2.24, 2.45) is 5.92 Å². The van der Waals surface area contributed by atoms with Gasteiger partial charge in [0.2, 0.25) is 5.24 Å². The van der Waals surface area contributed by atoms with Crippen molar-refractivity contribution in [2.75, 3.05) is 6.61 Å². The molecule has 0 bridgehead atoms. The third-order valence-electron chi connectivity index (χ3n) is 5.92. The number of carbonyl (C=O) groups excluding carboxylic acids is 2. The fourth-order valence-corrected chi connectivity index (χ4v) is 3.77. The second-order valence-electron chi connectivity index (χ2n) is 8.98. The van der Waals surface area contributed by atoms with E-state index in [1.165, 1.54) is 18.6 Å². The van der Waals surface area contributed by atoms with Crippen LogP contribution in [-0.4, -0.2) is 40.2 Å². The first kappa shape index (κ1) is 25.9. The molecule has 0 aromatic rings. The Kier molecular flexibility index (Phi) is 10.1. The Labute approximate surface area is 180 Å². The highest BCUT2D eigenvalue weighted by Crippen LogP contribution is 2.35. The second-order valence-corrected chi connectivity index (χ2v) is 9.35. The van der Waals surface area contributed by atoms with Crippen LogP contribution in [-0.2, 0) is 19.1 Å². The summed E-state index contributed by atoms with van der Waals surface area (Å²) in [6.45, 7) is 11.6. The molecule has 0 radical (unpaired) electrons. The van der Waals surface area contributed by atoms with Crippen LogP contribution in [0.1, 0.15) is 80.1 Å². The van der Waals surface area contributed by atoms with Gasteiger partial charge < -0.3 is 14.6 Å². The fourth-order valence-electron chi connectivity index (χ4n) is 3.62. The molecule has 0 aromatic heterocycles. The normalized spacial score (nSPS) is 26.9. The second kappa shape index (κ2) is 11.3. The minimum absolute atomic E-state index is 0.115. The van der Waals surface area contributed by atoms with Gasteiger partial charge in [0, 0.05) is 6.92 Å². The molecular formula is C23H37ClO5. The summed E-state index contributed by atoms with van der Waals surface area (Å²) in [6, 6.07) is 0. The minimum Gasteiger partial charge on any atom is -0.459 e. The van der Waals surface area contributed by atoms with Gasteiger partial charge in [-0.1, -0.05) is 25.0 Å². The average Bonchev–Trinajstić information content (AvgIpc) is 2.73. The summed E-state index contributed by atoms with van der Waals surface area (Å²) in [5.41, 5.74) is 0.584. The lowest BCUT2D eigenvalue weighted by Crippen LogP contribution is -2.44. The summed E-state index contributed by atoms with van der Waals surface area (Å²) in [5.74, 6) is -0.229. The summed E-state index contributed by atoms with van der Waals surface area (Å²) in [4.78, 5) is 22.8. The van der Waals surface area contributed by atoms with Gasteiger partial charge in [-0.2, -0.15) is 0 Å². The molecule has 29 heavy (non-hydrogen) atoms. The molecule has 1 fully saturated rings. The highest BCUT2D eigenvalue weighted by Gasteiger charge is 2.40. The largest absolute Gasteiger partial charge is 0.459 e. The lowest BCUT2D eigenvalue weighted by Gasteiger charge is -2.36. The molecular weight excluding hydrogens is 392 g/mol. The molecule has 0 aromatic carbocycles. The van der Waals surface area contributed by atoms with E-state index >= 15 is 0 Å². The Morgan fingerprint density at radius 2 is 2.07 bits per heavy atom. The zero-order valence-electron chi connectivity index (χ0n) is 18.7. The molecule has 0 saturated carbocycles. The Hall–Kier alpha value is -1.17. The quantitative estimate of drug-likeness (QED) is 0.239. The van der Waals surface area contributed by atoms with E-state index in [4.69, 9.17) is 21.1 Å². The highest BCUT2D eigenvalue weighted by atomic mass is 35.5. The number of ether oxygens (including phenoxy) is 2. The van der Waals surface area contributed by atoms with Crippen LogP contribution in [0.3, 0.4) is 0 Å². The molecule has 1 rings (SSSR count). The number of rotatable bonds is 9. The third-order valence-corrected chi connectivity index (χ3v) is 6.03. The van der Waals surface area contributed by atoms with Crippen LogP contribution < -0.4 is 0 Å². The average molecular weight is 429 g/mol.